The average molecular weight is 762 g/mol. The van der Waals surface area contributed by atoms with Crippen LogP contribution in [0.2, 0.25) is 0 Å². The largest absolute Gasteiger partial charge is 0.453 e. The number of aromatic amines is 2. The Kier molecular flexibility index (Phi) is 9.84. The molecule has 2 saturated heterocycles. The predicted octanol–water partition coefficient (Wildman–Crippen LogP) is 8.02. The molecule has 0 bridgehead atoms. The first-order valence-electron chi connectivity index (χ1n) is 18.3. The molecule has 5 aromatic rings. The van der Waals surface area contributed by atoms with Crippen LogP contribution in [0.4, 0.5) is 22.4 Å². The van der Waals surface area contributed by atoms with E-state index in [9.17, 15) is 31.9 Å². The number of nitrogens with zero attached hydrogens (tertiary/aromatic N) is 4. The highest BCUT2D eigenvalue weighted by molar-refractivity contribution is 6.05. The number of H-pyrrole nitrogens is 2. The maximum Gasteiger partial charge on any atom is 0.407 e. The van der Waals surface area contributed by atoms with Crippen molar-refractivity contribution < 1.29 is 36.7 Å². The average Bonchev–Trinajstić information content (AvgIpc) is 3.93. The molecule has 0 aliphatic carbocycles. The second-order valence-corrected chi connectivity index (χ2v) is 15.4. The van der Waals surface area contributed by atoms with Gasteiger partial charge in [0.15, 0.2) is 0 Å². The number of imidazole rings is 2. The first-order chi connectivity index (χ1) is 26.0. The van der Waals surface area contributed by atoms with E-state index in [-0.39, 0.29) is 30.0 Å². The minimum Gasteiger partial charge on any atom is -0.453 e. The number of carbonyl (C=O) groups is 3. The van der Waals surface area contributed by atoms with Gasteiger partial charge < -0.3 is 29.8 Å². The molecule has 4 heterocycles. The zero-order chi connectivity index (χ0) is 39.4. The molecular weight excluding hydrogens is 718 g/mol. The van der Waals surface area contributed by atoms with Crippen molar-refractivity contribution in [2.45, 2.75) is 76.9 Å². The van der Waals surface area contributed by atoms with Gasteiger partial charge in [0.2, 0.25) is 11.8 Å². The van der Waals surface area contributed by atoms with Gasteiger partial charge in [-0.3, -0.25) is 9.59 Å². The Morgan fingerprint density at radius 2 is 1.49 bits per heavy atom. The fourth-order valence-electron chi connectivity index (χ4n) is 7.61. The number of halogens is 4. The summed E-state index contributed by atoms with van der Waals surface area (Å²) in [6, 6.07) is 14.4. The molecule has 0 spiro atoms. The van der Waals surface area contributed by atoms with E-state index < -0.39 is 67.9 Å². The number of likely N-dealkylation sites (tertiary alicyclic amines) is 2. The summed E-state index contributed by atoms with van der Waals surface area (Å²) >= 11 is 0. The monoisotopic (exact) mass is 761 g/mol. The van der Waals surface area contributed by atoms with Gasteiger partial charge in [0.1, 0.15) is 17.7 Å². The van der Waals surface area contributed by atoms with Crippen LogP contribution in [-0.4, -0.2) is 85.7 Å². The Morgan fingerprint density at radius 3 is 2.15 bits per heavy atom. The number of hydrogen-bond donors (Lipinski definition) is 3. The molecular formula is C40H43F4N7O4. The molecule has 0 unspecified atom stereocenters. The third-order valence-electron chi connectivity index (χ3n) is 10.4. The van der Waals surface area contributed by atoms with E-state index in [1.165, 1.54) is 4.90 Å². The van der Waals surface area contributed by atoms with E-state index in [1.807, 2.05) is 68.4 Å². The smallest absolute Gasteiger partial charge is 0.407 e. The maximum atomic E-state index is 14.8. The van der Waals surface area contributed by atoms with Gasteiger partial charge >= 0.3 is 6.09 Å². The fourth-order valence-corrected chi connectivity index (χ4v) is 7.61. The lowest BCUT2D eigenvalue weighted by Gasteiger charge is -2.29. The van der Waals surface area contributed by atoms with E-state index in [4.69, 9.17) is 4.98 Å². The van der Waals surface area contributed by atoms with Gasteiger partial charge in [0, 0.05) is 24.6 Å². The van der Waals surface area contributed by atoms with E-state index in [1.54, 1.807) is 20.0 Å². The number of ether oxygens (including phenoxy) is 1. The Morgan fingerprint density at radius 1 is 0.855 bits per heavy atom. The molecule has 2 fully saturated rings. The molecule has 0 radical (unpaired) electrons. The maximum absolute atomic E-state index is 14.8. The Labute approximate surface area is 314 Å². The number of amides is 3. The summed E-state index contributed by atoms with van der Waals surface area (Å²) < 4.78 is 63.4. The predicted molar refractivity (Wildman–Crippen MR) is 198 cm³/mol. The van der Waals surface area contributed by atoms with Crippen LogP contribution in [0.15, 0.2) is 60.8 Å². The minimum atomic E-state index is -3.14. The van der Waals surface area contributed by atoms with Crippen molar-refractivity contribution >= 4 is 39.7 Å². The van der Waals surface area contributed by atoms with Crippen molar-refractivity contribution in [3.8, 4) is 22.4 Å². The summed E-state index contributed by atoms with van der Waals surface area (Å²) in [7, 11) is 1.16. The van der Waals surface area contributed by atoms with Gasteiger partial charge in [-0.15, -0.1) is 0 Å². The van der Waals surface area contributed by atoms with E-state index in [0.29, 0.717) is 22.6 Å². The SMILES string of the molecule is COC(=O)N[C@H](C(=O)N1CC(F)(F)C[C@H]1c1ncc(-c2ccc(-c3ccc4c(ccc5[nH]c([C@@H]6CC(F)(F)CN6C(=O)CC(C)C)nc54)c3)cc2)[nH]1)C(C)C. The summed E-state index contributed by atoms with van der Waals surface area (Å²) in [6.07, 6.45) is -0.206. The molecule has 2 aliphatic rings. The lowest BCUT2D eigenvalue weighted by Crippen LogP contribution is -2.51. The molecule has 3 N–H and O–H groups in total. The van der Waals surface area contributed by atoms with Crippen LogP contribution in [0.1, 0.15) is 70.7 Å². The topological polar surface area (TPSA) is 136 Å². The van der Waals surface area contributed by atoms with Crippen LogP contribution in [0.5, 0.6) is 0 Å². The Hall–Kier alpha value is -5.47. The molecule has 7 rings (SSSR count). The highest BCUT2D eigenvalue weighted by Crippen LogP contribution is 2.43. The molecule has 3 aromatic carbocycles. The fraction of sp³-hybridized carbons (Fsp3) is 0.425. The summed E-state index contributed by atoms with van der Waals surface area (Å²) in [5, 5.41) is 4.19. The third kappa shape index (κ3) is 7.61. The second-order valence-electron chi connectivity index (χ2n) is 15.4. The van der Waals surface area contributed by atoms with Crippen molar-refractivity contribution in [2.75, 3.05) is 20.2 Å². The van der Waals surface area contributed by atoms with Crippen LogP contribution in [0.3, 0.4) is 0 Å². The summed E-state index contributed by atoms with van der Waals surface area (Å²) in [4.78, 5) is 56.1. The van der Waals surface area contributed by atoms with Crippen molar-refractivity contribution in [2.24, 2.45) is 11.8 Å². The Balaban J connectivity index is 1.10. The van der Waals surface area contributed by atoms with Crippen molar-refractivity contribution in [3.05, 3.63) is 72.4 Å². The lowest BCUT2D eigenvalue weighted by molar-refractivity contribution is -0.136. The van der Waals surface area contributed by atoms with Crippen LogP contribution in [0.25, 0.3) is 44.2 Å². The number of methoxy groups -OCH3 is 1. The molecule has 0 saturated carbocycles. The molecule has 15 heteroatoms. The normalized spacial score (nSPS) is 19.8. The summed E-state index contributed by atoms with van der Waals surface area (Å²) in [5.74, 6) is -6.89. The van der Waals surface area contributed by atoms with E-state index >= 15 is 0 Å². The number of alkyl halides is 4. The van der Waals surface area contributed by atoms with Crippen molar-refractivity contribution in [3.63, 3.8) is 0 Å². The van der Waals surface area contributed by atoms with Gasteiger partial charge in [-0.05, 0) is 46.0 Å². The molecule has 11 nitrogen and oxygen atoms in total. The molecule has 55 heavy (non-hydrogen) atoms. The first kappa shape index (κ1) is 37.8. The van der Waals surface area contributed by atoms with Crippen LogP contribution < -0.4 is 5.32 Å². The number of fused-ring (bicyclic) bond motifs is 3. The minimum absolute atomic E-state index is 0.0403. The number of nitrogens with one attached hydrogen (secondary N) is 3. The van der Waals surface area contributed by atoms with E-state index in [0.717, 1.165) is 39.5 Å². The highest BCUT2D eigenvalue weighted by atomic mass is 19.3. The number of alkyl carbamates (subject to hydrolysis) is 1. The van der Waals surface area contributed by atoms with Crippen LogP contribution in [-0.2, 0) is 14.3 Å². The lowest BCUT2D eigenvalue weighted by atomic mass is 9.99. The third-order valence-corrected chi connectivity index (χ3v) is 10.4. The standard InChI is InChI=1S/C40H43F4N7O4/c1-21(2)14-32(52)50-19-39(41,42)17-31(50)36-46-28-13-11-26-15-25(10-12-27(26)34(28)48-36)23-6-8-24(9-7-23)29-18-45-35(47-29)30-16-40(43,44)20-51(30)37(53)33(22(3)4)49-38(54)55-5/h6-13,15,18,21-22,30-31,33H,14,16-17,19-20H2,1-5H3,(H,45,47)(H,46,48)(H,49,54)/t30-,31-,33-/m0/s1. The summed E-state index contributed by atoms with van der Waals surface area (Å²) in [6.45, 7) is 5.75. The van der Waals surface area contributed by atoms with Crippen molar-refractivity contribution in [1.82, 2.24) is 35.1 Å². The van der Waals surface area contributed by atoms with E-state index in [2.05, 4.69) is 25.0 Å². The number of hydrogen-bond acceptors (Lipinski definition) is 6. The van der Waals surface area contributed by atoms with Crippen molar-refractivity contribution in [1.29, 1.82) is 0 Å². The number of aromatic nitrogens is 4. The number of benzene rings is 3. The van der Waals surface area contributed by atoms with Gasteiger partial charge in [-0.2, -0.15) is 0 Å². The van der Waals surface area contributed by atoms with Gasteiger partial charge in [0.05, 0.1) is 55.2 Å². The number of rotatable bonds is 9. The van der Waals surface area contributed by atoms with Gasteiger partial charge in [-0.25, -0.2) is 32.3 Å². The second kappa shape index (κ2) is 14.3. The first-order valence-corrected chi connectivity index (χ1v) is 18.3. The van der Waals surface area contributed by atoms with Gasteiger partial charge in [-0.1, -0.05) is 70.2 Å². The Bertz CT molecular complexity index is 2250. The quantitative estimate of drug-likeness (QED) is 0.130. The highest BCUT2D eigenvalue weighted by Gasteiger charge is 2.51. The number of carbonyl (C=O) groups excluding carboxylic acids is 3. The molecule has 2 aromatic heterocycles. The molecule has 2 aliphatic heterocycles. The van der Waals surface area contributed by atoms with Crippen LogP contribution >= 0.6 is 0 Å². The van der Waals surface area contributed by atoms with Gasteiger partial charge in [0.25, 0.3) is 11.8 Å². The zero-order valence-electron chi connectivity index (χ0n) is 31.1. The van der Waals surface area contributed by atoms with Crippen LogP contribution in [0, 0.1) is 11.8 Å². The molecule has 3 atom stereocenters. The molecule has 3 amide bonds. The summed E-state index contributed by atoms with van der Waals surface area (Å²) in [5.41, 5.74) is 4.49. The molecule has 290 valence electrons. The zero-order valence-corrected chi connectivity index (χ0v) is 31.1.